The maximum absolute atomic E-state index is 12.3. The molecule has 2 rings (SSSR count). The van der Waals surface area contributed by atoms with Crippen LogP contribution in [0, 0.1) is 0 Å². The fraction of sp³-hybridized carbons (Fsp3) is 0.235. The lowest BCUT2D eigenvalue weighted by molar-refractivity contribution is 0.248. The van der Waals surface area contributed by atoms with Gasteiger partial charge < -0.3 is 15.4 Å². The predicted octanol–water partition coefficient (Wildman–Crippen LogP) is 5.27. The number of nitrogens with one attached hydrogen (secondary N) is 2. The Morgan fingerprint density at radius 3 is 2.39 bits per heavy atom. The number of carbonyl (C=O) groups excluding carboxylic acids is 1. The van der Waals surface area contributed by atoms with Gasteiger partial charge in [-0.1, -0.05) is 42.3 Å². The monoisotopic (exact) mass is 352 g/mol. The Morgan fingerprint density at radius 2 is 1.78 bits per heavy atom. The molecule has 0 aliphatic carbocycles. The Morgan fingerprint density at radius 1 is 1.13 bits per heavy atom. The number of rotatable bonds is 5. The SMILES string of the molecule is CCC(NC(=O)Nc1cc(Cl)ccc1OC)c1ccc(Cl)cc1. The molecule has 4 nitrogen and oxygen atoms in total. The third kappa shape index (κ3) is 4.78. The van der Waals surface area contributed by atoms with Gasteiger partial charge in [-0.05, 0) is 42.3 Å². The van der Waals surface area contributed by atoms with E-state index in [1.165, 1.54) is 7.11 Å². The number of urea groups is 1. The van der Waals surface area contributed by atoms with Gasteiger partial charge in [0.2, 0.25) is 0 Å². The Kier molecular flexibility index (Phi) is 6.13. The maximum atomic E-state index is 12.3. The standard InChI is InChI=1S/C17H18Cl2N2O2/c1-3-14(11-4-6-12(18)7-5-11)20-17(22)21-15-10-13(19)8-9-16(15)23-2/h4-10,14H,3H2,1-2H3,(H2,20,21,22). The fourth-order valence-corrected chi connectivity index (χ4v) is 2.51. The van der Waals surface area contributed by atoms with Gasteiger partial charge in [0.25, 0.3) is 0 Å². The van der Waals surface area contributed by atoms with Crippen LogP contribution < -0.4 is 15.4 Å². The van der Waals surface area contributed by atoms with Crippen molar-refractivity contribution in [3.8, 4) is 5.75 Å². The lowest BCUT2D eigenvalue weighted by Crippen LogP contribution is -2.32. The summed E-state index contributed by atoms with van der Waals surface area (Å²) < 4.78 is 5.21. The highest BCUT2D eigenvalue weighted by Crippen LogP contribution is 2.28. The first-order valence-electron chi connectivity index (χ1n) is 7.20. The van der Waals surface area contributed by atoms with E-state index < -0.39 is 0 Å². The van der Waals surface area contributed by atoms with Crippen molar-refractivity contribution in [1.82, 2.24) is 5.32 Å². The van der Waals surface area contributed by atoms with Crippen LogP contribution in [0.5, 0.6) is 5.75 Å². The van der Waals surface area contributed by atoms with Crippen molar-refractivity contribution >= 4 is 34.9 Å². The molecule has 2 aromatic rings. The molecule has 0 saturated carbocycles. The van der Waals surface area contributed by atoms with Gasteiger partial charge in [-0.3, -0.25) is 0 Å². The van der Waals surface area contributed by atoms with E-state index in [-0.39, 0.29) is 12.1 Å². The second-order valence-electron chi connectivity index (χ2n) is 4.96. The highest BCUT2D eigenvalue weighted by molar-refractivity contribution is 6.31. The van der Waals surface area contributed by atoms with Gasteiger partial charge in [0.05, 0.1) is 18.8 Å². The molecule has 0 fully saturated rings. The quantitative estimate of drug-likeness (QED) is 0.769. The number of halogens is 2. The zero-order valence-electron chi connectivity index (χ0n) is 12.9. The summed E-state index contributed by atoms with van der Waals surface area (Å²) in [7, 11) is 1.54. The van der Waals surface area contributed by atoms with Gasteiger partial charge in [-0.25, -0.2) is 4.79 Å². The molecule has 0 aliphatic heterocycles. The van der Waals surface area contributed by atoms with Crippen molar-refractivity contribution in [3.05, 3.63) is 58.1 Å². The first-order chi connectivity index (χ1) is 11.0. The summed E-state index contributed by atoms with van der Waals surface area (Å²) in [4.78, 5) is 12.3. The lowest BCUT2D eigenvalue weighted by Gasteiger charge is -2.19. The van der Waals surface area contributed by atoms with E-state index in [1.54, 1.807) is 30.3 Å². The van der Waals surface area contributed by atoms with E-state index in [1.807, 2.05) is 19.1 Å². The van der Waals surface area contributed by atoms with Crippen LogP contribution >= 0.6 is 23.2 Å². The number of anilines is 1. The molecule has 122 valence electrons. The van der Waals surface area contributed by atoms with Gasteiger partial charge in [0.1, 0.15) is 5.75 Å². The number of hydrogen-bond donors (Lipinski definition) is 2. The van der Waals surface area contributed by atoms with E-state index in [0.717, 1.165) is 12.0 Å². The van der Waals surface area contributed by atoms with Crippen LogP contribution in [-0.2, 0) is 0 Å². The smallest absolute Gasteiger partial charge is 0.319 e. The molecule has 0 bridgehead atoms. The van der Waals surface area contributed by atoms with Crippen LogP contribution in [0.3, 0.4) is 0 Å². The lowest BCUT2D eigenvalue weighted by atomic mass is 10.1. The molecule has 1 unspecified atom stereocenters. The average molecular weight is 353 g/mol. The molecule has 0 aliphatic rings. The van der Waals surface area contributed by atoms with Gasteiger partial charge in [0, 0.05) is 10.0 Å². The number of carbonyl (C=O) groups is 1. The van der Waals surface area contributed by atoms with Crippen molar-refractivity contribution in [3.63, 3.8) is 0 Å². The molecule has 0 saturated heterocycles. The summed E-state index contributed by atoms with van der Waals surface area (Å²) >= 11 is 11.9. The molecule has 1 atom stereocenters. The number of amides is 2. The number of hydrogen-bond acceptors (Lipinski definition) is 2. The Hall–Kier alpha value is -1.91. The van der Waals surface area contributed by atoms with Crippen molar-refractivity contribution in [2.24, 2.45) is 0 Å². The minimum absolute atomic E-state index is 0.113. The van der Waals surface area contributed by atoms with E-state index >= 15 is 0 Å². The molecule has 6 heteroatoms. The summed E-state index contributed by atoms with van der Waals surface area (Å²) in [6.45, 7) is 2.00. The molecule has 2 N–H and O–H groups in total. The van der Waals surface area contributed by atoms with Crippen molar-refractivity contribution in [2.45, 2.75) is 19.4 Å². The topological polar surface area (TPSA) is 50.4 Å². The Labute approximate surface area is 145 Å². The second-order valence-corrected chi connectivity index (χ2v) is 5.83. The molecule has 0 spiro atoms. The van der Waals surface area contributed by atoms with Crippen molar-refractivity contribution in [1.29, 1.82) is 0 Å². The van der Waals surface area contributed by atoms with Crippen LogP contribution in [0.25, 0.3) is 0 Å². The minimum atomic E-state index is -0.327. The summed E-state index contributed by atoms with van der Waals surface area (Å²) in [6, 6.07) is 12.0. The molecular formula is C17H18Cl2N2O2. The molecule has 0 aromatic heterocycles. The average Bonchev–Trinajstić information content (AvgIpc) is 2.54. The third-order valence-corrected chi connectivity index (χ3v) is 3.88. The zero-order valence-corrected chi connectivity index (χ0v) is 14.4. The van der Waals surface area contributed by atoms with Crippen LogP contribution in [0.2, 0.25) is 10.0 Å². The predicted molar refractivity (Wildman–Crippen MR) is 94.6 cm³/mol. The van der Waals surface area contributed by atoms with Gasteiger partial charge in [-0.15, -0.1) is 0 Å². The third-order valence-electron chi connectivity index (χ3n) is 3.40. The summed E-state index contributed by atoms with van der Waals surface area (Å²) in [5, 5.41) is 6.88. The second kappa shape index (κ2) is 8.09. The first-order valence-corrected chi connectivity index (χ1v) is 7.95. The maximum Gasteiger partial charge on any atom is 0.319 e. The Bertz CT molecular complexity index is 675. The van der Waals surface area contributed by atoms with E-state index in [9.17, 15) is 4.79 Å². The van der Waals surface area contributed by atoms with Crippen LogP contribution in [0.4, 0.5) is 10.5 Å². The fourth-order valence-electron chi connectivity index (χ4n) is 2.21. The number of methoxy groups -OCH3 is 1. The van der Waals surface area contributed by atoms with Crippen LogP contribution in [0.15, 0.2) is 42.5 Å². The molecule has 2 amide bonds. The zero-order chi connectivity index (χ0) is 16.8. The molecule has 0 heterocycles. The molecule has 0 radical (unpaired) electrons. The van der Waals surface area contributed by atoms with Gasteiger partial charge in [0.15, 0.2) is 0 Å². The first kappa shape index (κ1) is 17.4. The van der Waals surface area contributed by atoms with E-state index in [0.29, 0.717) is 21.5 Å². The molecule has 2 aromatic carbocycles. The van der Waals surface area contributed by atoms with E-state index in [2.05, 4.69) is 10.6 Å². The summed E-state index contributed by atoms with van der Waals surface area (Å²) in [5.41, 5.74) is 1.51. The van der Waals surface area contributed by atoms with Crippen molar-refractivity contribution in [2.75, 3.05) is 12.4 Å². The largest absolute Gasteiger partial charge is 0.495 e. The highest BCUT2D eigenvalue weighted by Gasteiger charge is 2.14. The number of ether oxygens (including phenoxy) is 1. The summed E-state index contributed by atoms with van der Waals surface area (Å²) in [6.07, 6.45) is 0.752. The molecular weight excluding hydrogens is 335 g/mol. The Balaban J connectivity index is 2.08. The highest BCUT2D eigenvalue weighted by atomic mass is 35.5. The van der Waals surface area contributed by atoms with Gasteiger partial charge in [-0.2, -0.15) is 0 Å². The van der Waals surface area contributed by atoms with Crippen molar-refractivity contribution < 1.29 is 9.53 Å². The van der Waals surface area contributed by atoms with Gasteiger partial charge >= 0.3 is 6.03 Å². The normalized spacial score (nSPS) is 11.7. The summed E-state index contributed by atoms with van der Waals surface area (Å²) in [5.74, 6) is 0.545. The number of benzene rings is 2. The molecule has 23 heavy (non-hydrogen) atoms. The van der Waals surface area contributed by atoms with Crippen LogP contribution in [0.1, 0.15) is 24.9 Å². The van der Waals surface area contributed by atoms with Crippen LogP contribution in [-0.4, -0.2) is 13.1 Å². The minimum Gasteiger partial charge on any atom is -0.495 e. The van der Waals surface area contributed by atoms with E-state index in [4.69, 9.17) is 27.9 Å².